The number of halogens is 1. The number of hydrogen-bond acceptors (Lipinski definition) is 1. The van der Waals surface area contributed by atoms with Crippen LogP contribution in [0.15, 0.2) is 28.7 Å². The first-order valence-corrected chi connectivity index (χ1v) is 5.55. The molecule has 0 amide bonds. The molecule has 0 bridgehead atoms. The van der Waals surface area contributed by atoms with Crippen molar-refractivity contribution in [3.05, 3.63) is 28.7 Å². The van der Waals surface area contributed by atoms with Crippen molar-refractivity contribution < 1.29 is 0 Å². The Bertz CT molecular complexity index is 275. The second-order valence-corrected chi connectivity index (χ2v) is 4.84. The lowest BCUT2D eigenvalue weighted by atomic mass is 9.82. The van der Waals surface area contributed by atoms with E-state index in [2.05, 4.69) is 52.4 Å². The Balaban J connectivity index is 1.91. The molecule has 13 heavy (non-hydrogen) atoms. The van der Waals surface area contributed by atoms with E-state index in [1.165, 1.54) is 18.5 Å². The average molecular weight is 240 g/mol. The third-order valence-electron chi connectivity index (χ3n) is 2.59. The standard InChI is InChI=1S/C11H14BrN/c1-8-6-11(7-8)13-10-4-2-9(12)3-5-10/h2-5,8,11,13H,6-7H2,1H3. The molecule has 1 aliphatic carbocycles. The van der Waals surface area contributed by atoms with Crippen LogP contribution < -0.4 is 5.32 Å². The number of hydrogen-bond donors (Lipinski definition) is 1. The van der Waals surface area contributed by atoms with Gasteiger partial charge in [0.25, 0.3) is 0 Å². The molecule has 2 heteroatoms. The molecule has 0 aliphatic heterocycles. The van der Waals surface area contributed by atoms with E-state index in [1.807, 2.05) is 0 Å². The number of anilines is 1. The van der Waals surface area contributed by atoms with Gasteiger partial charge >= 0.3 is 0 Å². The molecule has 0 aromatic heterocycles. The molecular weight excluding hydrogens is 226 g/mol. The smallest absolute Gasteiger partial charge is 0.0343 e. The third-order valence-corrected chi connectivity index (χ3v) is 3.12. The van der Waals surface area contributed by atoms with Crippen molar-refractivity contribution in [1.82, 2.24) is 0 Å². The molecule has 2 rings (SSSR count). The highest BCUT2D eigenvalue weighted by atomic mass is 79.9. The van der Waals surface area contributed by atoms with E-state index in [9.17, 15) is 0 Å². The molecule has 1 aliphatic rings. The topological polar surface area (TPSA) is 12.0 Å². The van der Waals surface area contributed by atoms with Gasteiger partial charge in [-0.15, -0.1) is 0 Å². The molecule has 0 radical (unpaired) electrons. The van der Waals surface area contributed by atoms with Gasteiger partial charge in [-0.1, -0.05) is 22.9 Å². The highest BCUT2D eigenvalue weighted by Gasteiger charge is 2.24. The molecule has 1 fully saturated rings. The minimum absolute atomic E-state index is 0.705. The lowest BCUT2D eigenvalue weighted by Gasteiger charge is -2.34. The van der Waals surface area contributed by atoms with E-state index in [-0.39, 0.29) is 0 Å². The fraction of sp³-hybridized carbons (Fsp3) is 0.455. The van der Waals surface area contributed by atoms with E-state index in [1.54, 1.807) is 0 Å². The zero-order valence-corrected chi connectivity index (χ0v) is 9.34. The Morgan fingerprint density at radius 2 is 1.85 bits per heavy atom. The van der Waals surface area contributed by atoms with Gasteiger partial charge in [-0.3, -0.25) is 0 Å². The number of rotatable bonds is 2. The van der Waals surface area contributed by atoms with Crippen molar-refractivity contribution >= 4 is 21.6 Å². The van der Waals surface area contributed by atoms with Crippen LogP contribution in [0, 0.1) is 5.92 Å². The van der Waals surface area contributed by atoms with Gasteiger partial charge in [-0.05, 0) is 43.0 Å². The van der Waals surface area contributed by atoms with Crippen LogP contribution in [0.2, 0.25) is 0 Å². The summed E-state index contributed by atoms with van der Waals surface area (Å²) in [5.41, 5.74) is 1.24. The van der Waals surface area contributed by atoms with E-state index in [0.717, 1.165) is 10.4 Å². The van der Waals surface area contributed by atoms with Crippen LogP contribution in [0.25, 0.3) is 0 Å². The molecule has 0 heterocycles. The van der Waals surface area contributed by atoms with E-state index in [0.29, 0.717) is 6.04 Å². The lowest BCUT2D eigenvalue weighted by Crippen LogP contribution is -2.33. The average Bonchev–Trinajstić information content (AvgIpc) is 2.06. The van der Waals surface area contributed by atoms with E-state index in [4.69, 9.17) is 0 Å². The first-order chi connectivity index (χ1) is 6.24. The molecule has 1 N–H and O–H groups in total. The van der Waals surface area contributed by atoms with Crippen molar-refractivity contribution in [2.24, 2.45) is 5.92 Å². The summed E-state index contributed by atoms with van der Waals surface area (Å²) in [6.07, 6.45) is 2.63. The Morgan fingerprint density at radius 1 is 1.23 bits per heavy atom. The second-order valence-electron chi connectivity index (χ2n) is 3.92. The molecule has 0 spiro atoms. The Hall–Kier alpha value is -0.500. The van der Waals surface area contributed by atoms with E-state index >= 15 is 0 Å². The fourth-order valence-corrected chi connectivity index (χ4v) is 2.07. The summed E-state index contributed by atoms with van der Waals surface area (Å²) in [6, 6.07) is 9.09. The third kappa shape index (κ3) is 2.25. The predicted molar refractivity (Wildman–Crippen MR) is 60.0 cm³/mol. The Morgan fingerprint density at radius 3 is 2.38 bits per heavy atom. The van der Waals surface area contributed by atoms with Gasteiger partial charge in [-0.2, -0.15) is 0 Å². The highest BCUT2D eigenvalue weighted by Crippen LogP contribution is 2.29. The summed E-state index contributed by atoms with van der Waals surface area (Å²) < 4.78 is 1.14. The van der Waals surface area contributed by atoms with Crippen molar-refractivity contribution in [2.75, 3.05) is 5.32 Å². The van der Waals surface area contributed by atoms with Crippen LogP contribution in [0.4, 0.5) is 5.69 Å². The molecule has 1 nitrogen and oxygen atoms in total. The van der Waals surface area contributed by atoms with E-state index < -0.39 is 0 Å². The molecule has 0 unspecified atom stereocenters. The molecule has 0 saturated heterocycles. The SMILES string of the molecule is CC1CC(Nc2ccc(Br)cc2)C1. The fourth-order valence-electron chi connectivity index (χ4n) is 1.80. The summed E-state index contributed by atoms with van der Waals surface area (Å²) in [4.78, 5) is 0. The predicted octanol–water partition coefficient (Wildman–Crippen LogP) is 3.66. The Labute approximate surface area is 87.7 Å². The van der Waals surface area contributed by atoms with Crippen LogP contribution in [0.1, 0.15) is 19.8 Å². The highest BCUT2D eigenvalue weighted by molar-refractivity contribution is 9.10. The quantitative estimate of drug-likeness (QED) is 0.831. The molecular formula is C11H14BrN. The minimum Gasteiger partial charge on any atom is -0.382 e. The molecule has 70 valence electrons. The van der Waals surface area contributed by atoms with Crippen LogP contribution in [-0.2, 0) is 0 Å². The summed E-state index contributed by atoms with van der Waals surface area (Å²) in [7, 11) is 0. The first kappa shape index (κ1) is 9.07. The van der Waals surface area contributed by atoms with Crippen LogP contribution in [0.5, 0.6) is 0 Å². The Kier molecular flexibility index (Phi) is 2.58. The summed E-state index contributed by atoms with van der Waals surface area (Å²) in [5, 5.41) is 3.52. The van der Waals surface area contributed by atoms with Crippen molar-refractivity contribution in [2.45, 2.75) is 25.8 Å². The maximum absolute atomic E-state index is 3.52. The van der Waals surface area contributed by atoms with Gasteiger partial charge in [0.15, 0.2) is 0 Å². The van der Waals surface area contributed by atoms with Crippen molar-refractivity contribution in [1.29, 1.82) is 0 Å². The number of benzene rings is 1. The first-order valence-electron chi connectivity index (χ1n) is 4.76. The van der Waals surface area contributed by atoms with Crippen molar-refractivity contribution in [3.63, 3.8) is 0 Å². The molecule has 0 atom stereocenters. The van der Waals surface area contributed by atoms with Gasteiger partial charge in [-0.25, -0.2) is 0 Å². The van der Waals surface area contributed by atoms with Crippen molar-refractivity contribution in [3.8, 4) is 0 Å². The normalized spacial score (nSPS) is 26.6. The molecule has 1 saturated carbocycles. The van der Waals surface area contributed by atoms with Gasteiger partial charge in [0.2, 0.25) is 0 Å². The van der Waals surface area contributed by atoms with Gasteiger partial charge in [0.1, 0.15) is 0 Å². The zero-order valence-electron chi connectivity index (χ0n) is 7.76. The second kappa shape index (κ2) is 3.70. The van der Waals surface area contributed by atoms with Crippen LogP contribution in [-0.4, -0.2) is 6.04 Å². The maximum atomic E-state index is 3.52. The largest absolute Gasteiger partial charge is 0.382 e. The van der Waals surface area contributed by atoms with Gasteiger partial charge in [0.05, 0.1) is 0 Å². The van der Waals surface area contributed by atoms with Gasteiger partial charge < -0.3 is 5.32 Å². The molecule has 1 aromatic rings. The maximum Gasteiger partial charge on any atom is 0.0343 e. The van der Waals surface area contributed by atoms with Crippen LogP contribution in [0.3, 0.4) is 0 Å². The summed E-state index contributed by atoms with van der Waals surface area (Å²) in [5.74, 6) is 0.910. The summed E-state index contributed by atoms with van der Waals surface area (Å²) in [6.45, 7) is 2.31. The minimum atomic E-state index is 0.705. The van der Waals surface area contributed by atoms with Gasteiger partial charge in [0, 0.05) is 16.2 Å². The summed E-state index contributed by atoms with van der Waals surface area (Å²) >= 11 is 3.42. The molecule has 1 aromatic carbocycles. The lowest BCUT2D eigenvalue weighted by molar-refractivity contribution is 0.309. The zero-order chi connectivity index (χ0) is 9.26. The monoisotopic (exact) mass is 239 g/mol. The number of nitrogens with one attached hydrogen (secondary N) is 1. The van der Waals surface area contributed by atoms with Crippen LogP contribution >= 0.6 is 15.9 Å².